The lowest BCUT2D eigenvalue weighted by Gasteiger charge is -2.29. The maximum Gasteiger partial charge on any atom is 0.326 e. The van der Waals surface area contributed by atoms with Crippen LogP contribution in [0.2, 0.25) is 0 Å². The Balaban J connectivity index is 2.48. The number of carboxylic acid groups (broad SMARTS) is 2. The highest BCUT2D eigenvalue weighted by Crippen LogP contribution is 2.24. The van der Waals surface area contributed by atoms with Crippen LogP contribution in [0.15, 0.2) is 0 Å². The summed E-state index contributed by atoms with van der Waals surface area (Å²) in [6.07, 6.45) is 0.619. The first kappa shape index (κ1) is 17.2. The molecule has 4 N–H and O–H groups in total. The summed E-state index contributed by atoms with van der Waals surface area (Å²) in [6.45, 7) is 4.22. The SMILES string of the molecule is CC1OCCC1(C)NC(=O)N[C@H](CCCC(=O)O)C(=O)O. The normalized spacial score (nSPS) is 26.1. The van der Waals surface area contributed by atoms with Crippen LogP contribution in [-0.4, -0.2) is 52.5 Å². The number of carbonyl (C=O) groups is 3. The molecule has 8 heteroatoms. The monoisotopic (exact) mass is 302 g/mol. The predicted octanol–water partition coefficient (Wildman–Crippen LogP) is 0.561. The lowest BCUT2D eigenvalue weighted by Crippen LogP contribution is -2.56. The first-order valence-corrected chi connectivity index (χ1v) is 6.89. The van der Waals surface area contributed by atoms with Gasteiger partial charge in [-0.25, -0.2) is 9.59 Å². The average molecular weight is 302 g/mol. The van der Waals surface area contributed by atoms with Crippen molar-refractivity contribution in [3.05, 3.63) is 0 Å². The number of hydrogen-bond donors (Lipinski definition) is 4. The van der Waals surface area contributed by atoms with Crippen molar-refractivity contribution in [2.75, 3.05) is 6.61 Å². The maximum absolute atomic E-state index is 11.9. The van der Waals surface area contributed by atoms with Crippen molar-refractivity contribution >= 4 is 18.0 Å². The van der Waals surface area contributed by atoms with Gasteiger partial charge in [-0.2, -0.15) is 0 Å². The topological polar surface area (TPSA) is 125 Å². The van der Waals surface area contributed by atoms with Gasteiger partial charge in [0, 0.05) is 13.0 Å². The van der Waals surface area contributed by atoms with E-state index in [1.54, 1.807) is 0 Å². The molecule has 2 unspecified atom stereocenters. The molecule has 0 aliphatic carbocycles. The maximum atomic E-state index is 11.9. The number of aliphatic carboxylic acids is 2. The van der Waals surface area contributed by atoms with E-state index in [0.717, 1.165) is 0 Å². The molecule has 120 valence electrons. The van der Waals surface area contributed by atoms with Gasteiger partial charge in [0.25, 0.3) is 0 Å². The Morgan fingerprint density at radius 2 is 2.05 bits per heavy atom. The van der Waals surface area contributed by atoms with Gasteiger partial charge in [0.1, 0.15) is 6.04 Å². The second-order valence-corrected chi connectivity index (χ2v) is 5.46. The van der Waals surface area contributed by atoms with Gasteiger partial charge in [0.15, 0.2) is 0 Å². The van der Waals surface area contributed by atoms with Crippen LogP contribution in [0.4, 0.5) is 4.79 Å². The fourth-order valence-electron chi connectivity index (χ4n) is 2.17. The molecule has 1 saturated heterocycles. The third-order valence-electron chi connectivity index (χ3n) is 3.77. The summed E-state index contributed by atoms with van der Waals surface area (Å²) in [5.41, 5.74) is -0.534. The zero-order chi connectivity index (χ0) is 16.0. The van der Waals surface area contributed by atoms with E-state index in [-0.39, 0.29) is 25.4 Å². The highest BCUT2D eigenvalue weighted by Gasteiger charge is 2.38. The Hall–Kier alpha value is -1.83. The third-order valence-corrected chi connectivity index (χ3v) is 3.77. The molecule has 1 aliphatic heterocycles. The van der Waals surface area contributed by atoms with E-state index in [0.29, 0.717) is 13.0 Å². The molecular weight excluding hydrogens is 280 g/mol. The number of nitrogens with one attached hydrogen (secondary N) is 2. The number of ether oxygens (including phenoxy) is 1. The van der Waals surface area contributed by atoms with Crippen LogP contribution in [0.1, 0.15) is 39.5 Å². The van der Waals surface area contributed by atoms with Gasteiger partial charge >= 0.3 is 18.0 Å². The number of amides is 2. The van der Waals surface area contributed by atoms with Gasteiger partial charge in [-0.05, 0) is 33.1 Å². The second-order valence-electron chi connectivity index (χ2n) is 5.46. The highest BCUT2D eigenvalue weighted by molar-refractivity contribution is 5.83. The molecule has 0 saturated carbocycles. The van der Waals surface area contributed by atoms with Crippen LogP contribution < -0.4 is 10.6 Å². The van der Waals surface area contributed by atoms with Gasteiger partial charge in [-0.15, -0.1) is 0 Å². The Labute approximate surface area is 122 Å². The van der Waals surface area contributed by atoms with E-state index in [9.17, 15) is 14.4 Å². The average Bonchev–Trinajstić information content (AvgIpc) is 2.67. The fraction of sp³-hybridized carbons (Fsp3) is 0.769. The minimum Gasteiger partial charge on any atom is -0.481 e. The molecular formula is C13H22N2O6. The largest absolute Gasteiger partial charge is 0.481 e. The molecule has 21 heavy (non-hydrogen) atoms. The smallest absolute Gasteiger partial charge is 0.326 e. The molecule has 1 aliphatic rings. The zero-order valence-electron chi connectivity index (χ0n) is 12.2. The summed E-state index contributed by atoms with van der Waals surface area (Å²) in [5, 5.41) is 22.7. The van der Waals surface area contributed by atoms with Gasteiger partial charge in [0.05, 0.1) is 11.6 Å². The molecule has 1 rings (SSSR count). The Bertz CT molecular complexity index is 413. The van der Waals surface area contributed by atoms with Crippen molar-refractivity contribution in [1.29, 1.82) is 0 Å². The quantitative estimate of drug-likeness (QED) is 0.544. The van der Waals surface area contributed by atoms with Crippen LogP contribution >= 0.6 is 0 Å². The van der Waals surface area contributed by atoms with E-state index in [2.05, 4.69) is 10.6 Å². The molecule has 0 aromatic heterocycles. The van der Waals surface area contributed by atoms with Crippen molar-refractivity contribution in [3.8, 4) is 0 Å². The zero-order valence-corrected chi connectivity index (χ0v) is 12.2. The third kappa shape index (κ3) is 5.22. The van der Waals surface area contributed by atoms with Crippen molar-refractivity contribution in [1.82, 2.24) is 10.6 Å². The predicted molar refractivity (Wildman–Crippen MR) is 73.0 cm³/mol. The summed E-state index contributed by atoms with van der Waals surface area (Å²) >= 11 is 0. The van der Waals surface area contributed by atoms with Crippen molar-refractivity contribution in [2.24, 2.45) is 0 Å². The lowest BCUT2D eigenvalue weighted by atomic mass is 9.95. The number of rotatable bonds is 7. The summed E-state index contributed by atoms with van der Waals surface area (Å²) in [4.78, 5) is 33.4. The first-order valence-electron chi connectivity index (χ1n) is 6.89. The second kappa shape index (κ2) is 7.26. The van der Waals surface area contributed by atoms with E-state index in [1.807, 2.05) is 13.8 Å². The number of carboxylic acids is 2. The molecule has 1 heterocycles. The number of hydrogen-bond acceptors (Lipinski definition) is 4. The van der Waals surface area contributed by atoms with E-state index >= 15 is 0 Å². The molecule has 8 nitrogen and oxygen atoms in total. The van der Waals surface area contributed by atoms with Crippen LogP contribution in [0.5, 0.6) is 0 Å². The summed E-state index contributed by atoms with van der Waals surface area (Å²) in [6, 6.07) is -1.69. The molecule has 2 amide bonds. The van der Waals surface area contributed by atoms with Gasteiger partial charge in [0.2, 0.25) is 0 Å². The summed E-state index contributed by atoms with van der Waals surface area (Å²) in [5.74, 6) is -2.18. The highest BCUT2D eigenvalue weighted by atomic mass is 16.5. The Morgan fingerprint density at radius 1 is 1.38 bits per heavy atom. The molecule has 3 atom stereocenters. The van der Waals surface area contributed by atoms with E-state index in [1.165, 1.54) is 0 Å². The summed E-state index contributed by atoms with van der Waals surface area (Å²) < 4.78 is 5.39. The number of carbonyl (C=O) groups excluding carboxylic acids is 1. The van der Waals surface area contributed by atoms with Crippen LogP contribution in [0, 0.1) is 0 Å². The molecule has 0 spiro atoms. The van der Waals surface area contributed by atoms with Crippen molar-refractivity contribution in [2.45, 2.75) is 57.2 Å². The summed E-state index contributed by atoms with van der Waals surface area (Å²) in [7, 11) is 0. The molecule has 0 bridgehead atoms. The standard InChI is InChI=1S/C13H22N2O6/c1-8-13(2,6-7-21-8)15-12(20)14-9(11(18)19)4-3-5-10(16)17/h8-9H,3-7H2,1-2H3,(H,16,17)(H,18,19)(H2,14,15,20)/t8?,9-,13?/m1/s1. The van der Waals surface area contributed by atoms with Gasteiger partial charge in [-0.1, -0.05) is 0 Å². The van der Waals surface area contributed by atoms with Crippen LogP contribution in [0.3, 0.4) is 0 Å². The van der Waals surface area contributed by atoms with Gasteiger partial charge in [-0.3, -0.25) is 4.79 Å². The van der Waals surface area contributed by atoms with E-state index < -0.39 is 29.6 Å². The minimum absolute atomic E-state index is 0.0673. The molecule has 0 aromatic carbocycles. The van der Waals surface area contributed by atoms with Crippen molar-refractivity contribution in [3.63, 3.8) is 0 Å². The van der Waals surface area contributed by atoms with Crippen LogP contribution in [0.25, 0.3) is 0 Å². The minimum atomic E-state index is -1.18. The van der Waals surface area contributed by atoms with E-state index in [4.69, 9.17) is 14.9 Å². The number of urea groups is 1. The van der Waals surface area contributed by atoms with Gasteiger partial charge < -0.3 is 25.6 Å². The fourth-order valence-corrected chi connectivity index (χ4v) is 2.17. The van der Waals surface area contributed by atoms with Crippen molar-refractivity contribution < 1.29 is 29.3 Å². The lowest BCUT2D eigenvalue weighted by molar-refractivity contribution is -0.140. The first-order chi connectivity index (χ1) is 9.74. The molecule has 1 fully saturated rings. The molecule has 0 radical (unpaired) electrons. The Morgan fingerprint density at radius 3 is 2.52 bits per heavy atom. The Kier molecular flexibility index (Phi) is 5.95. The molecule has 0 aromatic rings. The van der Waals surface area contributed by atoms with Crippen LogP contribution in [-0.2, 0) is 14.3 Å².